The predicted molar refractivity (Wildman–Crippen MR) is 133 cm³/mol. The highest BCUT2D eigenvalue weighted by molar-refractivity contribution is 7.89. The van der Waals surface area contributed by atoms with Gasteiger partial charge in [0.25, 0.3) is 5.91 Å². The fraction of sp³-hybridized carbons (Fsp3) is 0.200. The van der Waals surface area contributed by atoms with Crippen molar-refractivity contribution in [2.75, 3.05) is 20.8 Å². The lowest BCUT2D eigenvalue weighted by atomic mass is 10.2. The number of hydrogen-bond donors (Lipinski definition) is 0. The van der Waals surface area contributed by atoms with Crippen LogP contribution >= 0.6 is 11.3 Å². The number of nitrogens with zero attached hydrogens (tertiary/aromatic N) is 3. The molecular weight excluding hydrogens is 489 g/mol. The molecule has 4 aromatic rings. The summed E-state index contributed by atoms with van der Waals surface area (Å²) in [5.74, 6) is -0.894. The maximum Gasteiger partial charge on any atom is 0.279 e. The minimum Gasteiger partial charge on any atom is -0.383 e. The number of rotatable bonds is 8. The molecule has 10 heteroatoms. The summed E-state index contributed by atoms with van der Waals surface area (Å²) in [4.78, 5) is 17.6. The third-order valence-corrected chi connectivity index (χ3v) is 8.28. The molecule has 4 rings (SSSR count). The predicted octanol–water partition coefficient (Wildman–Crippen LogP) is 4.05. The number of aromatic nitrogens is 1. The van der Waals surface area contributed by atoms with Gasteiger partial charge in [0.1, 0.15) is 5.82 Å². The third kappa shape index (κ3) is 5.57. The summed E-state index contributed by atoms with van der Waals surface area (Å²) in [5.41, 5.74) is 1.87. The third-order valence-electron chi connectivity index (χ3n) is 5.42. The van der Waals surface area contributed by atoms with E-state index in [0.717, 1.165) is 11.1 Å². The molecular formula is C25H24FN3O4S2. The summed E-state index contributed by atoms with van der Waals surface area (Å²) in [6.45, 7) is 1.07. The van der Waals surface area contributed by atoms with Gasteiger partial charge in [0.05, 0.1) is 21.7 Å². The van der Waals surface area contributed by atoms with E-state index in [1.165, 1.54) is 59.1 Å². The molecule has 0 saturated carbocycles. The van der Waals surface area contributed by atoms with Crippen LogP contribution in [-0.2, 0) is 27.8 Å². The van der Waals surface area contributed by atoms with Crippen LogP contribution in [0.4, 0.5) is 4.39 Å². The average molecular weight is 514 g/mol. The van der Waals surface area contributed by atoms with Gasteiger partial charge in [-0.05, 0) is 48.0 Å². The van der Waals surface area contributed by atoms with Crippen molar-refractivity contribution in [2.24, 2.45) is 4.99 Å². The van der Waals surface area contributed by atoms with Gasteiger partial charge in [0.2, 0.25) is 10.0 Å². The Kier molecular flexibility index (Phi) is 7.56. The maximum atomic E-state index is 13.7. The summed E-state index contributed by atoms with van der Waals surface area (Å²) < 4.78 is 48.5. The van der Waals surface area contributed by atoms with Crippen molar-refractivity contribution in [3.8, 4) is 0 Å². The van der Waals surface area contributed by atoms with Crippen LogP contribution in [0.2, 0.25) is 0 Å². The summed E-state index contributed by atoms with van der Waals surface area (Å²) in [6.07, 6.45) is 0. The molecule has 0 saturated heterocycles. The van der Waals surface area contributed by atoms with E-state index in [2.05, 4.69) is 4.99 Å². The fourth-order valence-corrected chi connectivity index (χ4v) is 5.80. The highest BCUT2D eigenvalue weighted by Crippen LogP contribution is 2.20. The summed E-state index contributed by atoms with van der Waals surface area (Å²) in [7, 11) is -0.650. The van der Waals surface area contributed by atoms with Crippen molar-refractivity contribution in [2.45, 2.75) is 18.0 Å². The molecule has 182 valence electrons. The van der Waals surface area contributed by atoms with Crippen LogP contribution in [-0.4, -0.2) is 44.0 Å². The molecule has 3 aromatic carbocycles. The molecule has 0 fully saturated rings. The average Bonchev–Trinajstić information content (AvgIpc) is 3.18. The first-order valence-corrected chi connectivity index (χ1v) is 13.0. The number of sulfonamides is 1. The SMILES string of the molecule is COCCn1c(=NC(=O)c2ccc(S(=O)(=O)N(C)Cc3ccccc3)cc2)sc2cc(F)ccc21. The van der Waals surface area contributed by atoms with Crippen LogP contribution < -0.4 is 4.80 Å². The second-order valence-electron chi connectivity index (χ2n) is 7.83. The first kappa shape index (κ1) is 24.9. The van der Waals surface area contributed by atoms with E-state index in [-0.39, 0.29) is 22.8 Å². The van der Waals surface area contributed by atoms with Crippen LogP contribution in [0, 0.1) is 5.82 Å². The van der Waals surface area contributed by atoms with Crippen LogP contribution in [0.25, 0.3) is 10.2 Å². The van der Waals surface area contributed by atoms with E-state index in [4.69, 9.17) is 4.74 Å². The highest BCUT2D eigenvalue weighted by atomic mass is 32.2. The zero-order valence-corrected chi connectivity index (χ0v) is 20.9. The first-order chi connectivity index (χ1) is 16.8. The highest BCUT2D eigenvalue weighted by Gasteiger charge is 2.21. The zero-order chi connectivity index (χ0) is 25.0. The molecule has 0 aliphatic heterocycles. The van der Waals surface area contributed by atoms with Crippen molar-refractivity contribution >= 4 is 37.5 Å². The van der Waals surface area contributed by atoms with Gasteiger partial charge in [-0.1, -0.05) is 41.7 Å². The minimum absolute atomic E-state index is 0.0833. The van der Waals surface area contributed by atoms with Crippen LogP contribution in [0.1, 0.15) is 15.9 Å². The molecule has 1 heterocycles. The Morgan fingerprint density at radius 3 is 2.49 bits per heavy atom. The van der Waals surface area contributed by atoms with E-state index in [0.29, 0.717) is 22.7 Å². The lowest BCUT2D eigenvalue weighted by Gasteiger charge is -2.17. The van der Waals surface area contributed by atoms with Crippen LogP contribution in [0.3, 0.4) is 0 Å². The Morgan fingerprint density at radius 1 is 1.09 bits per heavy atom. The van der Waals surface area contributed by atoms with Gasteiger partial charge >= 0.3 is 0 Å². The Hall–Kier alpha value is -3.18. The molecule has 0 N–H and O–H groups in total. The number of fused-ring (bicyclic) bond motifs is 1. The number of ether oxygens (including phenoxy) is 1. The number of carbonyl (C=O) groups is 1. The molecule has 7 nitrogen and oxygen atoms in total. The standard InChI is InChI=1S/C25H24FN3O4S2/c1-28(17-18-6-4-3-5-7-18)35(31,32)21-11-8-19(9-12-21)24(30)27-25-29(14-15-33-2)22-13-10-20(26)16-23(22)34-25/h3-13,16H,14-15,17H2,1-2H3. The lowest BCUT2D eigenvalue weighted by Crippen LogP contribution is -2.26. The van der Waals surface area contributed by atoms with E-state index in [1.807, 2.05) is 30.3 Å². The maximum absolute atomic E-state index is 13.7. The molecule has 0 spiro atoms. The van der Waals surface area contributed by atoms with Gasteiger partial charge in [-0.3, -0.25) is 4.79 Å². The second-order valence-corrected chi connectivity index (χ2v) is 10.9. The van der Waals surface area contributed by atoms with Gasteiger partial charge < -0.3 is 9.30 Å². The molecule has 0 aliphatic rings. The molecule has 0 aliphatic carbocycles. The monoisotopic (exact) mass is 513 g/mol. The van der Waals surface area contributed by atoms with E-state index >= 15 is 0 Å². The topological polar surface area (TPSA) is 81.0 Å². The summed E-state index contributed by atoms with van der Waals surface area (Å²) in [6, 6.07) is 19.4. The molecule has 0 radical (unpaired) electrons. The van der Waals surface area contributed by atoms with Gasteiger partial charge in [-0.15, -0.1) is 0 Å². The molecule has 0 atom stereocenters. The normalized spacial score (nSPS) is 12.5. The Morgan fingerprint density at radius 2 is 1.80 bits per heavy atom. The first-order valence-electron chi connectivity index (χ1n) is 10.8. The quantitative estimate of drug-likeness (QED) is 0.356. The van der Waals surface area contributed by atoms with Gasteiger partial charge in [-0.2, -0.15) is 9.30 Å². The largest absolute Gasteiger partial charge is 0.383 e. The van der Waals surface area contributed by atoms with E-state index in [1.54, 1.807) is 17.7 Å². The van der Waals surface area contributed by atoms with E-state index in [9.17, 15) is 17.6 Å². The Bertz CT molecular complexity index is 1510. The molecule has 35 heavy (non-hydrogen) atoms. The van der Waals surface area contributed by atoms with Gasteiger partial charge in [0.15, 0.2) is 4.80 Å². The smallest absolute Gasteiger partial charge is 0.279 e. The van der Waals surface area contributed by atoms with E-state index < -0.39 is 15.9 Å². The van der Waals surface area contributed by atoms with Gasteiger partial charge in [0, 0.05) is 32.8 Å². The molecule has 1 amide bonds. The number of hydrogen-bond acceptors (Lipinski definition) is 5. The molecule has 0 bridgehead atoms. The van der Waals surface area contributed by atoms with Crippen LogP contribution in [0.5, 0.6) is 0 Å². The van der Waals surface area contributed by atoms with Gasteiger partial charge in [-0.25, -0.2) is 12.8 Å². The Labute approximate surface area is 206 Å². The molecule has 1 aromatic heterocycles. The minimum atomic E-state index is -3.74. The van der Waals surface area contributed by atoms with Crippen molar-refractivity contribution in [3.63, 3.8) is 0 Å². The van der Waals surface area contributed by atoms with Crippen molar-refractivity contribution in [1.29, 1.82) is 0 Å². The zero-order valence-electron chi connectivity index (χ0n) is 19.2. The lowest BCUT2D eigenvalue weighted by molar-refractivity contribution is 0.0997. The number of methoxy groups -OCH3 is 1. The number of amides is 1. The number of thiazole rings is 1. The number of carbonyl (C=O) groups excluding carboxylic acids is 1. The molecule has 0 unspecified atom stereocenters. The summed E-state index contributed by atoms with van der Waals surface area (Å²) >= 11 is 1.20. The van der Waals surface area contributed by atoms with Crippen molar-refractivity contribution in [3.05, 3.63) is 94.5 Å². The number of benzene rings is 3. The second kappa shape index (κ2) is 10.6. The summed E-state index contributed by atoms with van der Waals surface area (Å²) in [5, 5.41) is 0. The Balaban J connectivity index is 1.60. The van der Waals surface area contributed by atoms with Crippen molar-refractivity contribution in [1.82, 2.24) is 8.87 Å². The number of halogens is 1. The van der Waals surface area contributed by atoms with Crippen molar-refractivity contribution < 1.29 is 22.3 Å². The fourth-order valence-electron chi connectivity index (χ4n) is 3.56. The van der Waals surface area contributed by atoms with Crippen LogP contribution in [0.15, 0.2) is 82.7 Å².